The Kier molecular flexibility index (Phi) is 9.50. The number of nitrogens with zero attached hydrogens (tertiary/aromatic N) is 5. The minimum Gasteiger partial charge on any atom is -0.497 e. The molecule has 1 aromatic heterocycles. The molecule has 0 bridgehead atoms. The van der Waals surface area contributed by atoms with Gasteiger partial charge in [-0.15, -0.1) is 10.2 Å². The number of anilines is 1. The lowest BCUT2D eigenvalue weighted by Crippen LogP contribution is -2.52. The molecule has 1 aromatic carbocycles. The summed E-state index contributed by atoms with van der Waals surface area (Å²) in [5.74, 6) is 2.42. The van der Waals surface area contributed by atoms with Crippen molar-refractivity contribution in [1.29, 1.82) is 0 Å². The maximum atomic E-state index is 13.0. The van der Waals surface area contributed by atoms with Crippen molar-refractivity contribution in [2.24, 2.45) is 11.8 Å². The predicted molar refractivity (Wildman–Crippen MR) is 140 cm³/mol. The number of aromatic nitrogens is 2. The maximum Gasteiger partial charge on any atom is 0.242 e. The number of hydrogen-bond acceptors (Lipinski definition) is 7. The number of benzene rings is 1. The standard InChI is InChI=1S/C27H39N5O4/c1-7-20(4)17-32(27(34)19(2)3)18-26(33)31-14-12-30(13-15-31)25-11-10-23(28-29-25)22-9-8-21(35-5)16-24(22)36-6/h8-11,16,19-20H,7,12-15,17-18H2,1-6H3/t20-/m1/s1. The molecule has 196 valence electrons. The lowest BCUT2D eigenvalue weighted by molar-refractivity contribution is -0.143. The lowest BCUT2D eigenvalue weighted by Gasteiger charge is -2.36. The first-order chi connectivity index (χ1) is 17.3. The molecule has 0 radical (unpaired) electrons. The zero-order chi connectivity index (χ0) is 26.2. The van der Waals surface area contributed by atoms with Crippen LogP contribution in [0.25, 0.3) is 11.3 Å². The summed E-state index contributed by atoms with van der Waals surface area (Å²) < 4.78 is 10.8. The fraction of sp³-hybridized carbons (Fsp3) is 0.556. The van der Waals surface area contributed by atoms with E-state index >= 15 is 0 Å². The van der Waals surface area contributed by atoms with Crippen LogP contribution in [0, 0.1) is 11.8 Å². The molecule has 9 nitrogen and oxygen atoms in total. The average Bonchev–Trinajstić information content (AvgIpc) is 2.91. The molecule has 1 atom stereocenters. The summed E-state index contributed by atoms with van der Waals surface area (Å²) in [7, 11) is 3.23. The SMILES string of the molecule is CC[C@@H](C)CN(CC(=O)N1CCN(c2ccc(-c3ccc(OC)cc3OC)nn2)CC1)C(=O)C(C)C. The third-order valence-electron chi connectivity index (χ3n) is 6.65. The molecule has 1 aliphatic heterocycles. The van der Waals surface area contributed by atoms with Crippen LogP contribution >= 0.6 is 0 Å². The second kappa shape index (κ2) is 12.6. The summed E-state index contributed by atoms with van der Waals surface area (Å²) in [6.45, 7) is 11.2. The van der Waals surface area contributed by atoms with Crippen LogP contribution in [0.4, 0.5) is 5.82 Å². The van der Waals surface area contributed by atoms with Gasteiger partial charge in [0.15, 0.2) is 5.82 Å². The van der Waals surface area contributed by atoms with Crippen molar-refractivity contribution in [2.75, 3.05) is 58.4 Å². The fourth-order valence-corrected chi connectivity index (χ4v) is 4.20. The molecule has 0 unspecified atom stereocenters. The molecular formula is C27H39N5O4. The van der Waals surface area contributed by atoms with E-state index in [2.05, 4.69) is 28.9 Å². The van der Waals surface area contributed by atoms with Gasteiger partial charge in [-0.05, 0) is 30.2 Å². The van der Waals surface area contributed by atoms with Gasteiger partial charge in [0.25, 0.3) is 0 Å². The number of rotatable bonds is 10. The van der Waals surface area contributed by atoms with E-state index in [1.165, 1.54) is 0 Å². The van der Waals surface area contributed by atoms with Crippen LogP contribution < -0.4 is 14.4 Å². The average molecular weight is 498 g/mol. The van der Waals surface area contributed by atoms with Gasteiger partial charge in [-0.1, -0.05) is 34.1 Å². The van der Waals surface area contributed by atoms with Crippen LogP contribution in [0.15, 0.2) is 30.3 Å². The highest BCUT2D eigenvalue weighted by Crippen LogP contribution is 2.32. The summed E-state index contributed by atoms with van der Waals surface area (Å²) in [4.78, 5) is 31.4. The van der Waals surface area contributed by atoms with E-state index in [-0.39, 0.29) is 24.3 Å². The first-order valence-corrected chi connectivity index (χ1v) is 12.6. The van der Waals surface area contributed by atoms with Crippen LogP contribution in [0.1, 0.15) is 34.1 Å². The minimum atomic E-state index is -0.127. The molecule has 3 rings (SSSR count). The predicted octanol–water partition coefficient (Wildman–Crippen LogP) is 3.34. The molecule has 2 amide bonds. The molecule has 0 aliphatic carbocycles. The van der Waals surface area contributed by atoms with Crippen molar-refractivity contribution in [3.63, 3.8) is 0 Å². The minimum absolute atomic E-state index is 0.0000130. The Labute approximate surface area is 214 Å². The van der Waals surface area contributed by atoms with Crippen LogP contribution in [-0.4, -0.2) is 85.3 Å². The molecule has 9 heteroatoms. The Balaban J connectivity index is 1.60. The summed E-state index contributed by atoms with van der Waals surface area (Å²) >= 11 is 0. The first-order valence-electron chi connectivity index (χ1n) is 12.6. The Bertz CT molecular complexity index is 1020. The second-order valence-electron chi connectivity index (χ2n) is 9.60. The number of methoxy groups -OCH3 is 2. The summed E-state index contributed by atoms with van der Waals surface area (Å²) in [6, 6.07) is 9.45. The van der Waals surface area contributed by atoms with Crippen LogP contribution in [0.3, 0.4) is 0 Å². The van der Waals surface area contributed by atoms with E-state index in [1.54, 1.807) is 19.1 Å². The monoisotopic (exact) mass is 497 g/mol. The molecule has 1 fully saturated rings. The van der Waals surface area contributed by atoms with E-state index < -0.39 is 0 Å². The molecule has 36 heavy (non-hydrogen) atoms. The second-order valence-corrected chi connectivity index (χ2v) is 9.60. The van der Waals surface area contributed by atoms with Crippen LogP contribution in [0.5, 0.6) is 11.5 Å². The highest BCUT2D eigenvalue weighted by atomic mass is 16.5. The van der Waals surface area contributed by atoms with E-state index in [0.29, 0.717) is 55.8 Å². The number of carbonyl (C=O) groups is 2. The Morgan fingerprint density at radius 3 is 2.28 bits per heavy atom. The third-order valence-corrected chi connectivity index (χ3v) is 6.65. The highest BCUT2D eigenvalue weighted by molar-refractivity contribution is 5.85. The van der Waals surface area contributed by atoms with Gasteiger partial charge in [0, 0.05) is 50.3 Å². The van der Waals surface area contributed by atoms with E-state index in [9.17, 15) is 9.59 Å². The van der Waals surface area contributed by atoms with E-state index in [4.69, 9.17) is 9.47 Å². The van der Waals surface area contributed by atoms with Crippen molar-refractivity contribution in [2.45, 2.75) is 34.1 Å². The van der Waals surface area contributed by atoms with Gasteiger partial charge in [-0.3, -0.25) is 9.59 Å². The molecule has 1 aliphatic rings. The molecular weight excluding hydrogens is 458 g/mol. The number of ether oxygens (including phenoxy) is 2. The van der Waals surface area contributed by atoms with Gasteiger partial charge in [0.2, 0.25) is 11.8 Å². The van der Waals surface area contributed by atoms with Gasteiger partial charge >= 0.3 is 0 Å². The maximum absolute atomic E-state index is 13.0. The normalized spacial score (nSPS) is 14.5. The molecule has 0 N–H and O–H groups in total. The smallest absolute Gasteiger partial charge is 0.242 e. The highest BCUT2D eigenvalue weighted by Gasteiger charge is 2.27. The van der Waals surface area contributed by atoms with Gasteiger partial charge in [0.05, 0.1) is 26.5 Å². The third kappa shape index (κ3) is 6.65. The number of piperazine rings is 1. The Morgan fingerprint density at radius 2 is 1.72 bits per heavy atom. The van der Waals surface area contributed by atoms with Crippen molar-refractivity contribution in [3.8, 4) is 22.8 Å². The number of amides is 2. The van der Waals surface area contributed by atoms with Crippen molar-refractivity contribution >= 4 is 17.6 Å². The Morgan fingerprint density at radius 1 is 1.00 bits per heavy atom. The molecule has 2 aromatic rings. The first kappa shape index (κ1) is 27.2. The van der Waals surface area contributed by atoms with Gasteiger partial charge in [-0.2, -0.15) is 0 Å². The number of hydrogen-bond donors (Lipinski definition) is 0. The molecule has 0 saturated carbocycles. The van der Waals surface area contributed by atoms with Gasteiger partial charge in [-0.25, -0.2) is 0 Å². The number of carbonyl (C=O) groups excluding carboxylic acids is 2. The quantitative estimate of drug-likeness (QED) is 0.497. The lowest BCUT2D eigenvalue weighted by atomic mass is 10.1. The van der Waals surface area contributed by atoms with E-state index in [1.807, 2.05) is 49.1 Å². The van der Waals surface area contributed by atoms with E-state index in [0.717, 1.165) is 17.8 Å². The zero-order valence-electron chi connectivity index (χ0n) is 22.4. The van der Waals surface area contributed by atoms with Crippen LogP contribution in [0.2, 0.25) is 0 Å². The Hall–Kier alpha value is -3.36. The van der Waals surface area contributed by atoms with Crippen molar-refractivity contribution in [1.82, 2.24) is 20.0 Å². The van der Waals surface area contributed by atoms with Gasteiger partial charge < -0.3 is 24.2 Å². The molecule has 2 heterocycles. The van der Waals surface area contributed by atoms with Crippen molar-refractivity contribution < 1.29 is 19.1 Å². The topological polar surface area (TPSA) is 88.1 Å². The summed E-state index contributed by atoms with van der Waals surface area (Å²) in [5, 5.41) is 8.85. The largest absolute Gasteiger partial charge is 0.497 e. The van der Waals surface area contributed by atoms with Gasteiger partial charge in [0.1, 0.15) is 11.5 Å². The summed E-state index contributed by atoms with van der Waals surface area (Å²) in [5.41, 5.74) is 1.55. The fourth-order valence-electron chi connectivity index (χ4n) is 4.20. The summed E-state index contributed by atoms with van der Waals surface area (Å²) in [6.07, 6.45) is 0.972. The molecule has 1 saturated heterocycles. The van der Waals surface area contributed by atoms with Crippen molar-refractivity contribution in [3.05, 3.63) is 30.3 Å². The zero-order valence-corrected chi connectivity index (χ0v) is 22.4. The molecule has 0 spiro atoms. The van der Waals surface area contributed by atoms with Crippen LogP contribution in [-0.2, 0) is 9.59 Å².